The number of morpholine rings is 1. The summed E-state index contributed by atoms with van der Waals surface area (Å²) >= 11 is 6.08. The normalized spacial score (nSPS) is 15.5. The second-order valence-corrected chi connectivity index (χ2v) is 7.13. The summed E-state index contributed by atoms with van der Waals surface area (Å²) in [4.78, 5) is 24.3. The lowest BCUT2D eigenvalue weighted by Crippen LogP contribution is -3.15. The van der Waals surface area contributed by atoms with E-state index < -0.39 is 4.92 Å². The molecule has 0 unspecified atom stereocenters. The van der Waals surface area contributed by atoms with Gasteiger partial charge in [-0.25, -0.2) is 0 Å². The van der Waals surface area contributed by atoms with Crippen LogP contribution in [0.2, 0.25) is 5.02 Å². The molecule has 2 N–H and O–H groups in total. The molecule has 3 rings (SSSR count). The number of amides is 1. The Morgan fingerprint density at radius 2 is 1.97 bits per heavy atom. The third-order valence-electron chi connectivity index (χ3n) is 5.02. The van der Waals surface area contributed by atoms with Crippen LogP contribution < -0.4 is 15.0 Å². The van der Waals surface area contributed by atoms with Gasteiger partial charge in [-0.15, -0.1) is 0 Å². The van der Waals surface area contributed by atoms with Gasteiger partial charge in [0.1, 0.15) is 24.9 Å². The Kier molecular flexibility index (Phi) is 7.03. The zero-order valence-electron chi connectivity index (χ0n) is 16.0. The van der Waals surface area contributed by atoms with E-state index in [0.717, 1.165) is 24.4 Å². The van der Waals surface area contributed by atoms with Crippen molar-refractivity contribution in [2.75, 3.05) is 40.0 Å². The van der Waals surface area contributed by atoms with Gasteiger partial charge >= 0.3 is 0 Å². The van der Waals surface area contributed by atoms with E-state index in [1.807, 2.05) is 24.3 Å². The van der Waals surface area contributed by atoms with E-state index in [9.17, 15) is 14.9 Å². The lowest BCUT2D eigenvalue weighted by Gasteiger charge is -2.32. The van der Waals surface area contributed by atoms with Crippen LogP contribution in [0.25, 0.3) is 0 Å². The summed E-state index contributed by atoms with van der Waals surface area (Å²) in [6.45, 7) is 3.41. The van der Waals surface area contributed by atoms with Crippen molar-refractivity contribution in [3.63, 3.8) is 0 Å². The molecule has 1 aliphatic rings. The molecule has 154 valence electrons. The predicted molar refractivity (Wildman–Crippen MR) is 108 cm³/mol. The Bertz CT molecular complexity index is 869. The average molecular weight is 421 g/mol. The van der Waals surface area contributed by atoms with Gasteiger partial charge in [-0.1, -0.05) is 11.6 Å². The number of nitro groups is 1. The van der Waals surface area contributed by atoms with Crippen molar-refractivity contribution < 1.29 is 24.1 Å². The van der Waals surface area contributed by atoms with Crippen LogP contribution in [0, 0.1) is 10.1 Å². The van der Waals surface area contributed by atoms with Crippen LogP contribution in [-0.4, -0.2) is 50.8 Å². The van der Waals surface area contributed by atoms with Gasteiger partial charge in [-0.3, -0.25) is 14.9 Å². The van der Waals surface area contributed by atoms with Gasteiger partial charge in [0.05, 0.1) is 42.4 Å². The van der Waals surface area contributed by atoms with Crippen molar-refractivity contribution in [2.24, 2.45) is 0 Å². The molecule has 2 aromatic carbocycles. The highest BCUT2D eigenvalue weighted by Gasteiger charge is 2.27. The smallest absolute Gasteiger partial charge is 0.270 e. The third-order valence-corrected chi connectivity index (χ3v) is 5.33. The Morgan fingerprint density at radius 1 is 1.28 bits per heavy atom. The zero-order chi connectivity index (χ0) is 20.8. The highest BCUT2D eigenvalue weighted by molar-refractivity contribution is 6.34. The summed E-state index contributed by atoms with van der Waals surface area (Å²) in [6.07, 6.45) is 0. The fourth-order valence-corrected chi connectivity index (χ4v) is 3.67. The van der Waals surface area contributed by atoms with Gasteiger partial charge in [-0.2, -0.15) is 0 Å². The van der Waals surface area contributed by atoms with E-state index >= 15 is 0 Å². The minimum Gasteiger partial charge on any atom is -0.497 e. The number of quaternary nitrogens is 1. The molecule has 29 heavy (non-hydrogen) atoms. The van der Waals surface area contributed by atoms with E-state index in [1.165, 1.54) is 23.1 Å². The van der Waals surface area contributed by atoms with Crippen LogP contribution in [0.5, 0.6) is 5.75 Å². The lowest BCUT2D eigenvalue weighted by molar-refractivity contribution is -0.937. The Hall–Kier alpha value is -2.68. The first-order valence-corrected chi connectivity index (χ1v) is 9.66. The molecule has 9 heteroatoms. The predicted octanol–water partition coefficient (Wildman–Crippen LogP) is 1.64. The van der Waals surface area contributed by atoms with E-state index in [4.69, 9.17) is 21.1 Å². The summed E-state index contributed by atoms with van der Waals surface area (Å²) in [5.74, 6) is 0.405. The summed E-state index contributed by atoms with van der Waals surface area (Å²) in [5.41, 5.74) is 1.14. The largest absolute Gasteiger partial charge is 0.497 e. The molecular weight excluding hydrogens is 398 g/mol. The first kappa shape index (κ1) is 21.0. The van der Waals surface area contributed by atoms with E-state index in [-0.39, 0.29) is 28.2 Å². The molecule has 1 fully saturated rings. The van der Waals surface area contributed by atoms with Crippen LogP contribution in [0.15, 0.2) is 42.5 Å². The molecule has 2 aromatic rings. The standard InChI is InChI=1S/C20H22ClN3O5/c1-28-16-5-2-14(3-6-16)19(23-8-10-29-11-9-23)13-22-20(25)17-7-4-15(24(26)27)12-18(17)21/h2-7,12,19H,8-11,13H2,1H3,(H,22,25)/p+1/t19-/m1/s1. The maximum atomic E-state index is 12.6. The van der Waals surface area contributed by atoms with Gasteiger partial charge in [0.2, 0.25) is 0 Å². The van der Waals surface area contributed by atoms with E-state index in [2.05, 4.69) is 5.32 Å². The molecule has 0 aromatic heterocycles. The Balaban J connectivity index is 1.75. The van der Waals surface area contributed by atoms with E-state index in [0.29, 0.717) is 19.8 Å². The van der Waals surface area contributed by atoms with Crippen molar-refractivity contribution in [2.45, 2.75) is 6.04 Å². The fourth-order valence-electron chi connectivity index (χ4n) is 3.41. The third kappa shape index (κ3) is 5.23. The molecule has 1 heterocycles. The number of hydrogen-bond donors (Lipinski definition) is 2. The van der Waals surface area contributed by atoms with Gasteiger partial charge in [0.25, 0.3) is 11.6 Å². The monoisotopic (exact) mass is 420 g/mol. The molecule has 0 bridgehead atoms. The molecule has 0 spiro atoms. The van der Waals surface area contributed by atoms with Gasteiger partial charge in [0, 0.05) is 17.7 Å². The number of hydrogen-bond acceptors (Lipinski definition) is 5. The van der Waals surface area contributed by atoms with Crippen molar-refractivity contribution in [3.8, 4) is 5.75 Å². The highest BCUT2D eigenvalue weighted by Crippen LogP contribution is 2.22. The zero-order valence-corrected chi connectivity index (χ0v) is 16.8. The molecule has 0 radical (unpaired) electrons. The molecule has 8 nitrogen and oxygen atoms in total. The number of benzene rings is 2. The number of rotatable bonds is 7. The van der Waals surface area contributed by atoms with Gasteiger partial charge in [0.15, 0.2) is 0 Å². The number of nitrogens with zero attached hydrogens (tertiary/aromatic N) is 1. The molecule has 1 amide bonds. The Labute approximate surface area is 173 Å². The van der Waals surface area contributed by atoms with Crippen molar-refractivity contribution in [1.82, 2.24) is 5.32 Å². The molecule has 1 atom stereocenters. The van der Waals surface area contributed by atoms with Crippen LogP contribution >= 0.6 is 11.6 Å². The van der Waals surface area contributed by atoms with Crippen molar-refractivity contribution in [3.05, 3.63) is 68.7 Å². The number of halogens is 1. The molecule has 0 saturated carbocycles. The van der Waals surface area contributed by atoms with Crippen LogP contribution in [0.4, 0.5) is 5.69 Å². The van der Waals surface area contributed by atoms with Gasteiger partial charge in [-0.05, 0) is 30.3 Å². The number of non-ortho nitro benzene ring substituents is 1. The number of nitro benzene ring substituents is 1. The fraction of sp³-hybridized carbons (Fsp3) is 0.350. The second-order valence-electron chi connectivity index (χ2n) is 6.73. The molecular formula is C20H23ClN3O5+. The summed E-state index contributed by atoms with van der Waals surface area (Å²) in [5, 5.41) is 13.8. The summed E-state index contributed by atoms with van der Waals surface area (Å²) < 4.78 is 10.7. The first-order chi connectivity index (χ1) is 14.0. The van der Waals surface area contributed by atoms with Crippen LogP contribution in [0.1, 0.15) is 22.0 Å². The number of methoxy groups -OCH3 is 1. The molecule has 0 aliphatic carbocycles. The maximum Gasteiger partial charge on any atom is 0.270 e. The minimum absolute atomic E-state index is 0.0329. The number of ether oxygens (including phenoxy) is 2. The minimum atomic E-state index is -0.547. The molecule has 1 saturated heterocycles. The van der Waals surface area contributed by atoms with E-state index in [1.54, 1.807) is 7.11 Å². The first-order valence-electron chi connectivity index (χ1n) is 9.28. The lowest BCUT2D eigenvalue weighted by atomic mass is 10.0. The summed E-state index contributed by atoms with van der Waals surface area (Å²) in [7, 11) is 1.62. The van der Waals surface area contributed by atoms with Crippen molar-refractivity contribution in [1.29, 1.82) is 0 Å². The highest BCUT2D eigenvalue weighted by atomic mass is 35.5. The SMILES string of the molecule is COc1ccc([C@@H](CNC(=O)c2ccc([N+](=O)[O-])cc2Cl)[NH+]2CCOCC2)cc1. The van der Waals surface area contributed by atoms with Gasteiger partial charge < -0.3 is 19.7 Å². The molecule has 1 aliphatic heterocycles. The van der Waals surface area contributed by atoms with Crippen LogP contribution in [-0.2, 0) is 4.74 Å². The number of nitrogens with one attached hydrogen (secondary N) is 2. The van der Waals surface area contributed by atoms with Crippen LogP contribution in [0.3, 0.4) is 0 Å². The topological polar surface area (TPSA) is 95.1 Å². The number of carbonyl (C=O) groups excluding carboxylic acids is 1. The van der Waals surface area contributed by atoms with Crippen molar-refractivity contribution >= 4 is 23.2 Å². The maximum absolute atomic E-state index is 12.6. The summed E-state index contributed by atoms with van der Waals surface area (Å²) in [6, 6.07) is 11.7. The number of carbonyl (C=O) groups is 1. The second kappa shape index (κ2) is 9.69. The average Bonchev–Trinajstić information content (AvgIpc) is 2.74. The Morgan fingerprint density at radius 3 is 2.55 bits per heavy atom. The quantitative estimate of drug-likeness (QED) is 0.524.